The normalized spacial score (nSPS) is 11.2. The minimum atomic E-state index is -4.46. The van der Waals surface area contributed by atoms with Crippen LogP contribution in [0.5, 0.6) is 11.5 Å². The Morgan fingerprint density at radius 2 is 1.74 bits per heavy atom. The standard InChI is InChI=1S/C16H17F3N2O2/c1-21(12-6-7-20-15(9-12)16(17,18)19)10-11-4-5-13(22-2)14(8-11)23-3/h4-9H,10H2,1-3H3. The molecule has 0 amide bonds. The number of halogens is 3. The highest BCUT2D eigenvalue weighted by Gasteiger charge is 2.32. The fourth-order valence-corrected chi connectivity index (χ4v) is 2.16. The molecule has 0 spiro atoms. The number of pyridine rings is 1. The van der Waals surface area contributed by atoms with E-state index < -0.39 is 11.9 Å². The molecule has 1 aromatic heterocycles. The van der Waals surface area contributed by atoms with E-state index in [4.69, 9.17) is 9.47 Å². The molecule has 23 heavy (non-hydrogen) atoms. The van der Waals surface area contributed by atoms with Crippen LogP contribution in [0.15, 0.2) is 36.5 Å². The number of methoxy groups -OCH3 is 2. The van der Waals surface area contributed by atoms with Gasteiger partial charge in [0.05, 0.1) is 14.2 Å². The molecule has 0 aliphatic heterocycles. The van der Waals surface area contributed by atoms with Crippen LogP contribution in [0.4, 0.5) is 18.9 Å². The van der Waals surface area contributed by atoms with Gasteiger partial charge in [-0.1, -0.05) is 6.07 Å². The van der Waals surface area contributed by atoms with Gasteiger partial charge < -0.3 is 14.4 Å². The molecule has 0 saturated carbocycles. The minimum Gasteiger partial charge on any atom is -0.493 e. The van der Waals surface area contributed by atoms with Crippen LogP contribution in [-0.4, -0.2) is 26.3 Å². The highest BCUT2D eigenvalue weighted by atomic mass is 19.4. The van der Waals surface area contributed by atoms with Gasteiger partial charge in [0.15, 0.2) is 11.5 Å². The maximum absolute atomic E-state index is 12.7. The molecule has 0 atom stereocenters. The van der Waals surface area contributed by atoms with E-state index in [9.17, 15) is 13.2 Å². The number of nitrogens with zero attached hydrogens (tertiary/aromatic N) is 2. The third-order valence-electron chi connectivity index (χ3n) is 3.34. The van der Waals surface area contributed by atoms with Crippen molar-refractivity contribution in [3.63, 3.8) is 0 Å². The Hall–Kier alpha value is -2.44. The van der Waals surface area contributed by atoms with Gasteiger partial charge in [-0.2, -0.15) is 13.2 Å². The first-order valence-corrected chi connectivity index (χ1v) is 6.80. The molecule has 4 nitrogen and oxygen atoms in total. The molecule has 0 fully saturated rings. The third kappa shape index (κ3) is 4.06. The number of hydrogen-bond acceptors (Lipinski definition) is 4. The molecular formula is C16H17F3N2O2. The summed E-state index contributed by atoms with van der Waals surface area (Å²) >= 11 is 0. The first kappa shape index (κ1) is 16.9. The average Bonchev–Trinajstić information content (AvgIpc) is 2.54. The van der Waals surface area contributed by atoms with Crippen molar-refractivity contribution in [2.24, 2.45) is 0 Å². The molecule has 1 aromatic carbocycles. The Morgan fingerprint density at radius 1 is 1.04 bits per heavy atom. The van der Waals surface area contributed by atoms with Crippen LogP contribution in [-0.2, 0) is 12.7 Å². The van der Waals surface area contributed by atoms with E-state index in [2.05, 4.69) is 4.98 Å². The quantitative estimate of drug-likeness (QED) is 0.838. The van der Waals surface area contributed by atoms with Gasteiger partial charge in [0, 0.05) is 25.5 Å². The Bertz CT molecular complexity index is 675. The predicted molar refractivity (Wildman–Crippen MR) is 80.9 cm³/mol. The number of alkyl halides is 3. The van der Waals surface area contributed by atoms with Crippen molar-refractivity contribution >= 4 is 5.69 Å². The van der Waals surface area contributed by atoms with E-state index in [0.29, 0.717) is 23.7 Å². The zero-order valence-corrected chi connectivity index (χ0v) is 13.0. The van der Waals surface area contributed by atoms with Crippen molar-refractivity contribution in [3.8, 4) is 11.5 Å². The molecule has 2 aromatic rings. The summed E-state index contributed by atoms with van der Waals surface area (Å²) in [5.74, 6) is 1.17. The van der Waals surface area contributed by atoms with E-state index in [0.717, 1.165) is 17.8 Å². The summed E-state index contributed by atoms with van der Waals surface area (Å²) in [4.78, 5) is 5.07. The van der Waals surface area contributed by atoms with E-state index >= 15 is 0 Å². The summed E-state index contributed by atoms with van der Waals surface area (Å²) in [7, 11) is 4.79. The molecule has 124 valence electrons. The van der Waals surface area contributed by atoms with Crippen LogP contribution < -0.4 is 14.4 Å². The van der Waals surface area contributed by atoms with Crippen molar-refractivity contribution in [3.05, 3.63) is 47.8 Å². The van der Waals surface area contributed by atoms with E-state index in [1.807, 2.05) is 6.07 Å². The van der Waals surface area contributed by atoms with Gasteiger partial charge in [-0.05, 0) is 29.8 Å². The summed E-state index contributed by atoms with van der Waals surface area (Å²) in [6.07, 6.45) is -3.30. The van der Waals surface area contributed by atoms with Crippen LogP contribution >= 0.6 is 0 Å². The van der Waals surface area contributed by atoms with Gasteiger partial charge in [0.2, 0.25) is 0 Å². The van der Waals surface area contributed by atoms with Gasteiger partial charge in [-0.25, -0.2) is 0 Å². The lowest BCUT2D eigenvalue weighted by molar-refractivity contribution is -0.141. The first-order valence-electron chi connectivity index (χ1n) is 6.80. The molecule has 7 heteroatoms. The number of rotatable bonds is 5. The van der Waals surface area contributed by atoms with Gasteiger partial charge in [0.1, 0.15) is 5.69 Å². The van der Waals surface area contributed by atoms with Crippen molar-refractivity contribution in [2.75, 3.05) is 26.2 Å². The fourth-order valence-electron chi connectivity index (χ4n) is 2.16. The van der Waals surface area contributed by atoms with Crippen molar-refractivity contribution in [2.45, 2.75) is 12.7 Å². The summed E-state index contributed by atoms with van der Waals surface area (Å²) in [5.41, 5.74) is 0.409. The second-order valence-corrected chi connectivity index (χ2v) is 4.94. The third-order valence-corrected chi connectivity index (χ3v) is 3.34. The zero-order valence-electron chi connectivity index (χ0n) is 13.0. The molecule has 0 N–H and O–H groups in total. The number of benzene rings is 1. The highest BCUT2D eigenvalue weighted by Crippen LogP contribution is 2.31. The lowest BCUT2D eigenvalue weighted by atomic mass is 10.1. The molecule has 2 rings (SSSR count). The van der Waals surface area contributed by atoms with Gasteiger partial charge >= 0.3 is 6.18 Å². The Labute approximate surface area is 132 Å². The van der Waals surface area contributed by atoms with Crippen LogP contribution in [0.1, 0.15) is 11.3 Å². The van der Waals surface area contributed by atoms with E-state index in [1.165, 1.54) is 13.2 Å². The van der Waals surface area contributed by atoms with Gasteiger partial charge in [0.25, 0.3) is 0 Å². The molecular weight excluding hydrogens is 309 g/mol. The number of ether oxygens (including phenoxy) is 2. The molecule has 1 heterocycles. The second kappa shape index (κ2) is 6.76. The number of anilines is 1. The largest absolute Gasteiger partial charge is 0.493 e. The Kier molecular flexibility index (Phi) is 4.98. The lowest BCUT2D eigenvalue weighted by Gasteiger charge is -2.21. The monoisotopic (exact) mass is 326 g/mol. The molecule has 0 aliphatic rings. The SMILES string of the molecule is COc1ccc(CN(C)c2ccnc(C(F)(F)F)c2)cc1OC. The Balaban J connectivity index is 2.21. The Morgan fingerprint density at radius 3 is 2.35 bits per heavy atom. The maximum Gasteiger partial charge on any atom is 0.433 e. The first-order chi connectivity index (χ1) is 10.8. The fraction of sp³-hybridized carbons (Fsp3) is 0.312. The highest BCUT2D eigenvalue weighted by molar-refractivity contribution is 5.49. The summed E-state index contributed by atoms with van der Waals surface area (Å²) in [5, 5.41) is 0. The molecule has 0 bridgehead atoms. The van der Waals surface area contributed by atoms with Gasteiger partial charge in [-0.15, -0.1) is 0 Å². The van der Waals surface area contributed by atoms with Crippen molar-refractivity contribution in [1.82, 2.24) is 4.98 Å². The molecule has 0 saturated heterocycles. The summed E-state index contributed by atoms with van der Waals surface area (Å²) in [6.45, 7) is 0.418. The molecule has 0 unspecified atom stereocenters. The molecule has 0 radical (unpaired) electrons. The zero-order chi connectivity index (χ0) is 17.0. The number of aromatic nitrogens is 1. The van der Waals surface area contributed by atoms with Crippen molar-refractivity contribution in [1.29, 1.82) is 0 Å². The smallest absolute Gasteiger partial charge is 0.433 e. The summed E-state index contributed by atoms with van der Waals surface area (Å²) < 4.78 is 48.6. The topological polar surface area (TPSA) is 34.6 Å². The van der Waals surface area contributed by atoms with Crippen LogP contribution in [0.25, 0.3) is 0 Å². The lowest BCUT2D eigenvalue weighted by Crippen LogP contribution is -2.18. The van der Waals surface area contributed by atoms with Crippen LogP contribution in [0.2, 0.25) is 0 Å². The maximum atomic E-state index is 12.7. The second-order valence-electron chi connectivity index (χ2n) is 4.94. The van der Waals surface area contributed by atoms with E-state index in [1.54, 1.807) is 31.2 Å². The predicted octanol–water partition coefficient (Wildman–Crippen LogP) is 3.75. The van der Waals surface area contributed by atoms with Crippen molar-refractivity contribution < 1.29 is 22.6 Å². The molecule has 0 aliphatic carbocycles. The van der Waals surface area contributed by atoms with Gasteiger partial charge in [-0.3, -0.25) is 4.98 Å². The van der Waals surface area contributed by atoms with Crippen LogP contribution in [0.3, 0.4) is 0 Å². The minimum absolute atomic E-state index is 0.418. The average molecular weight is 326 g/mol. The van der Waals surface area contributed by atoms with Crippen LogP contribution in [0, 0.1) is 0 Å². The summed E-state index contributed by atoms with van der Waals surface area (Å²) in [6, 6.07) is 7.96. The number of hydrogen-bond donors (Lipinski definition) is 0. The van der Waals surface area contributed by atoms with E-state index in [-0.39, 0.29) is 0 Å².